The molecule has 1 N–H and O–H groups in total. The van der Waals surface area contributed by atoms with Crippen molar-refractivity contribution in [1.82, 2.24) is 10.2 Å². The quantitative estimate of drug-likeness (QED) is 0.874. The van der Waals surface area contributed by atoms with Gasteiger partial charge in [0, 0.05) is 25.2 Å². The van der Waals surface area contributed by atoms with Gasteiger partial charge in [-0.3, -0.25) is 4.90 Å². The molecular formula is C17H28N2. The van der Waals surface area contributed by atoms with Crippen molar-refractivity contribution in [2.24, 2.45) is 0 Å². The van der Waals surface area contributed by atoms with Gasteiger partial charge >= 0.3 is 0 Å². The maximum atomic E-state index is 3.59. The van der Waals surface area contributed by atoms with Crippen LogP contribution in [0.3, 0.4) is 0 Å². The van der Waals surface area contributed by atoms with Crippen LogP contribution in [0.15, 0.2) is 18.2 Å². The summed E-state index contributed by atoms with van der Waals surface area (Å²) in [7, 11) is 0. The van der Waals surface area contributed by atoms with Crippen molar-refractivity contribution >= 4 is 0 Å². The lowest BCUT2D eigenvalue weighted by Gasteiger charge is -2.27. The van der Waals surface area contributed by atoms with Crippen molar-refractivity contribution in [2.45, 2.75) is 59.2 Å². The number of nitrogens with zero attached hydrogens (tertiary/aromatic N) is 1. The molecule has 1 aromatic carbocycles. The number of nitrogens with one attached hydrogen (secondary N) is 1. The average molecular weight is 260 g/mol. The standard InChI is InChI=1S/C17H28N2/c1-13(2)18-11-16-9-6-10-19(16)12-17-14(3)7-5-8-15(17)4/h5,7-8,13,16,18H,6,9-12H2,1-4H3. The van der Waals surface area contributed by atoms with Gasteiger partial charge in [-0.15, -0.1) is 0 Å². The Labute approximate surface area is 118 Å². The van der Waals surface area contributed by atoms with Crippen LogP contribution in [0, 0.1) is 13.8 Å². The molecule has 0 aliphatic carbocycles. The van der Waals surface area contributed by atoms with Gasteiger partial charge in [0.25, 0.3) is 0 Å². The third kappa shape index (κ3) is 3.80. The first kappa shape index (κ1) is 14.5. The zero-order chi connectivity index (χ0) is 13.8. The number of hydrogen-bond donors (Lipinski definition) is 1. The van der Waals surface area contributed by atoms with E-state index in [0.29, 0.717) is 12.1 Å². The van der Waals surface area contributed by atoms with E-state index >= 15 is 0 Å². The van der Waals surface area contributed by atoms with Crippen molar-refractivity contribution < 1.29 is 0 Å². The van der Waals surface area contributed by atoms with Crippen LogP contribution >= 0.6 is 0 Å². The van der Waals surface area contributed by atoms with Gasteiger partial charge in [0.1, 0.15) is 0 Å². The molecular weight excluding hydrogens is 232 g/mol. The van der Waals surface area contributed by atoms with Gasteiger partial charge in [-0.2, -0.15) is 0 Å². The molecule has 0 bridgehead atoms. The van der Waals surface area contributed by atoms with Crippen LogP contribution in [-0.2, 0) is 6.54 Å². The lowest BCUT2D eigenvalue weighted by atomic mass is 10.0. The maximum Gasteiger partial charge on any atom is 0.0242 e. The van der Waals surface area contributed by atoms with E-state index in [1.807, 2.05) is 0 Å². The molecule has 1 aliphatic rings. The van der Waals surface area contributed by atoms with Gasteiger partial charge < -0.3 is 5.32 Å². The molecule has 1 atom stereocenters. The Morgan fingerprint density at radius 1 is 1.26 bits per heavy atom. The first-order valence-electron chi connectivity index (χ1n) is 7.60. The van der Waals surface area contributed by atoms with E-state index in [1.165, 1.54) is 36.1 Å². The third-order valence-electron chi connectivity index (χ3n) is 4.27. The second-order valence-electron chi connectivity index (χ2n) is 6.20. The summed E-state index contributed by atoms with van der Waals surface area (Å²) in [5.41, 5.74) is 4.39. The minimum absolute atomic E-state index is 0.586. The maximum absolute atomic E-state index is 3.59. The number of likely N-dealkylation sites (tertiary alicyclic amines) is 1. The van der Waals surface area contributed by atoms with E-state index in [-0.39, 0.29) is 0 Å². The fourth-order valence-corrected chi connectivity index (χ4v) is 3.01. The van der Waals surface area contributed by atoms with Crippen LogP contribution in [0.5, 0.6) is 0 Å². The highest BCUT2D eigenvalue weighted by atomic mass is 15.2. The van der Waals surface area contributed by atoms with Crippen LogP contribution in [0.2, 0.25) is 0 Å². The molecule has 1 saturated heterocycles. The van der Waals surface area contributed by atoms with E-state index < -0.39 is 0 Å². The van der Waals surface area contributed by atoms with Crippen molar-refractivity contribution in [3.05, 3.63) is 34.9 Å². The molecule has 19 heavy (non-hydrogen) atoms. The monoisotopic (exact) mass is 260 g/mol. The summed E-state index contributed by atoms with van der Waals surface area (Å²) in [6.07, 6.45) is 2.68. The highest BCUT2D eigenvalue weighted by Crippen LogP contribution is 2.23. The molecule has 2 rings (SSSR count). The normalized spacial score (nSPS) is 20.4. The molecule has 1 aromatic rings. The van der Waals surface area contributed by atoms with Crippen molar-refractivity contribution in [2.75, 3.05) is 13.1 Å². The first-order valence-corrected chi connectivity index (χ1v) is 7.60. The van der Waals surface area contributed by atoms with Gasteiger partial charge in [0.2, 0.25) is 0 Å². The Morgan fingerprint density at radius 3 is 2.58 bits per heavy atom. The second-order valence-corrected chi connectivity index (χ2v) is 6.20. The smallest absolute Gasteiger partial charge is 0.0242 e. The van der Waals surface area contributed by atoms with E-state index in [9.17, 15) is 0 Å². The summed E-state index contributed by atoms with van der Waals surface area (Å²) < 4.78 is 0. The van der Waals surface area contributed by atoms with E-state index in [1.54, 1.807) is 0 Å². The molecule has 0 spiro atoms. The Morgan fingerprint density at radius 2 is 1.95 bits per heavy atom. The van der Waals surface area contributed by atoms with E-state index in [0.717, 1.165) is 13.1 Å². The number of hydrogen-bond acceptors (Lipinski definition) is 2. The fraction of sp³-hybridized carbons (Fsp3) is 0.647. The summed E-state index contributed by atoms with van der Waals surface area (Å²) in [4.78, 5) is 2.66. The molecule has 2 nitrogen and oxygen atoms in total. The molecule has 0 aromatic heterocycles. The Hall–Kier alpha value is -0.860. The lowest BCUT2D eigenvalue weighted by molar-refractivity contribution is 0.235. The number of benzene rings is 1. The van der Waals surface area contributed by atoms with Gasteiger partial charge in [-0.05, 0) is 49.9 Å². The summed E-state index contributed by atoms with van der Waals surface area (Å²) in [6.45, 7) is 12.4. The molecule has 1 heterocycles. The SMILES string of the molecule is Cc1cccc(C)c1CN1CCCC1CNC(C)C. The number of rotatable bonds is 5. The van der Waals surface area contributed by atoms with Crippen LogP contribution in [0.25, 0.3) is 0 Å². The van der Waals surface area contributed by atoms with Crippen molar-refractivity contribution in [1.29, 1.82) is 0 Å². The third-order valence-corrected chi connectivity index (χ3v) is 4.27. The molecule has 0 amide bonds. The summed E-state index contributed by atoms with van der Waals surface area (Å²) in [5.74, 6) is 0. The van der Waals surface area contributed by atoms with Gasteiger partial charge in [-0.25, -0.2) is 0 Å². The van der Waals surface area contributed by atoms with Crippen LogP contribution in [0.1, 0.15) is 43.4 Å². The predicted molar refractivity (Wildman–Crippen MR) is 82.5 cm³/mol. The Kier molecular flexibility index (Phi) is 5.00. The highest BCUT2D eigenvalue weighted by Gasteiger charge is 2.24. The van der Waals surface area contributed by atoms with Crippen LogP contribution < -0.4 is 5.32 Å². The van der Waals surface area contributed by atoms with Gasteiger partial charge in [-0.1, -0.05) is 32.0 Å². The number of aryl methyl sites for hydroxylation is 2. The summed E-state index contributed by atoms with van der Waals surface area (Å²) >= 11 is 0. The lowest BCUT2D eigenvalue weighted by Crippen LogP contribution is -2.40. The van der Waals surface area contributed by atoms with E-state index in [2.05, 4.69) is 56.1 Å². The molecule has 0 saturated carbocycles. The second kappa shape index (κ2) is 6.53. The predicted octanol–water partition coefficient (Wildman–Crippen LogP) is 3.27. The minimum Gasteiger partial charge on any atom is -0.313 e. The topological polar surface area (TPSA) is 15.3 Å². The molecule has 1 aliphatic heterocycles. The Balaban J connectivity index is 2.01. The molecule has 0 radical (unpaired) electrons. The van der Waals surface area contributed by atoms with Gasteiger partial charge in [0.15, 0.2) is 0 Å². The van der Waals surface area contributed by atoms with Crippen molar-refractivity contribution in [3.63, 3.8) is 0 Å². The Bertz CT molecular complexity index is 391. The van der Waals surface area contributed by atoms with E-state index in [4.69, 9.17) is 0 Å². The average Bonchev–Trinajstić information content (AvgIpc) is 2.79. The van der Waals surface area contributed by atoms with Crippen LogP contribution in [-0.4, -0.2) is 30.1 Å². The largest absolute Gasteiger partial charge is 0.313 e. The first-order chi connectivity index (χ1) is 9.08. The summed E-state index contributed by atoms with van der Waals surface area (Å²) in [6, 6.07) is 7.93. The van der Waals surface area contributed by atoms with Crippen LogP contribution in [0.4, 0.5) is 0 Å². The zero-order valence-electron chi connectivity index (χ0n) is 12.9. The highest BCUT2D eigenvalue weighted by molar-refractivity contribution is 5.33. The summed E-state index contributed by atoms with van der Waals surface area (Å²) in [5, 5.41) is 3.59. The molecule has 1 fully saturated rings. The zero-order valence-corrected chi connectivity index (χ0v) is 12.9. The minimum atomic E-state index is 0.586. The molecule has 1 unspecified atom stereocenters. The molecule has 2 heteroatoms. The van der Waals surface area contributed by atoms with Crippen molar-refractivity contribution in [3.8, 4) is 0 Å². The molecule has 106 valence electrons. The fourth-order valence-electron chi connectivity index (χ4n) is 3.01. The van der Waals surface area contributed by atoms with Gasteiger partial charge in [0.05, 0.1) is 0 Å².